The van der Waals surface area contributed by atoms with Gasteiger partial charge in [-0.1, -0.05) is 12.1 Å². The van der Waals surface area contributed by atoms with Gasteiger partial charge in [0, 0.05) is 25.8 Å². The van der Waals surface area contributed by atoms with Crippen LogP contribution in [0.3, 0.4) is 0 Å². The molecule has 1 N–H and O–H groups in total. The molecule has 0 aliphatic carbocycles. The van der Waals surface area contributed by atoms with E-state index in [1.165, 1.54) is 0 Å². The van der Waals surface area contributed by atoms with E-state index in [1.54, 1.807) is 4.68 Å². The number of aryl methyl sites for hydroxylation is 1. The van der Waals surface area contributed by atoms with E-state index in [0.717, 1.165) is 24.4 Å². The van der Waals surface area contributed by atoms with E-state index in [0.29, 0.717) is 13.0 Å². The molecule has 2 aromatic heterocycles. The highest BCUT2D eigenvalue weighted by atomic mass is 16.3. The van der Waals surface area contributed by atoms with E-state index in [9.17, 15) is 0 Å². The van der Waals surface area contributed by atoms with Crippen molar-refractivity contribution in [2.45, 2.75) is 32.9 Å². The molecule has 0 aromatic carbocycles. The number of aliphatic hydroxyl groups excluding tert-OH is 1. The van der Waals surface area contributed by atoms with Gasteiger partial charge < -0.3 is 9.67 Å². The highest BCUT2D eigenvalue weighted by Gasteiger charge is 2.05. The van der Waals surface area contributed by atoms with Gasteiger partial charge in [0.05, 0.1) is 30.5 Å². The molecule has 17 heavy (non-hydrogen) atoms. The van der Waals surface area contributed by atoms with Gasteiger partial charge in [0.1, 0.15) is 0 Å². The molecule has 0 spiro atoms. The summed E-state index contributed by atoms with van der Waals surface area (Å²) in [6.07, 6.45) is 7.18. The Morgan fingerprint density at radius 1 is 1.41 bits per heavy atom. The second-order valence-corrected chi connectivity index (χ2v) is 3.96. The number of nitrogens with zero attached hydrogens (tertiary/aromatic N) is 5. The second-order valence-electron chi connectivity index (χ2n) is 3.96. The molecule has 2 rings (SSSR count). The average Bonchev–Trinajstić information content (AvgIpc) is 2.91. The first-order chi connectivity index (χ1) is 8.33. The number of imidazole rings is 1. The second kappa shape index (κ2) is 5.58. The van der Waals surface area contributed by atoms with Crippen molar-refractivity contribution in [2.75, 3.05) is 6.61 Å². The predicted octanol–water partition coefficient (Wildman–Crippen LogP) is 0.468. The highest BCUT2D eigenvalue weighted by Crippen LogP contribution is 2.04. The van der Waals surface area contributed by atoms with Crippen LogP contribution in [0.2, 0.25) is 0 Å². The molecular weight excluding hydrogens is 218 g/mol. The number of rotatable bonds is 6. The highest BCUT2D eigenvalue weighted by molar-refractivity contribution is 5.01. The third kappa shape index (κ3) is 2.91. The van der Waals surface area contributed by atoms with Gasteiger partial charge in [-0.05, 0) is 6.42 Å². The van der Waals surface area contributed by atoms with Crippen molar-refractivity contribution in [3.8, 4) is 0 Å². The van der Waals surface area contributed by atoms with E-state index in [2.05, 4.69) is 26.8 Å². The number of aliphatic hydroxyl groups is 1. The molecule has 6 heteroatoms. The Morgan fingerprint density at radius 3 is 3.06 bits per heavy atom. The molecule has 0 unspecified atom stereocenters. The van der Waals surface area contributed by atoms with Gasteiger partial charge in [0.2, 0.25) is 0 Å². The molecule has 0 atom stereocenters. The van der Waals surface area contributed by atoms with Gasteiger partial charge in [0.15, 0.2) is 0 Å². The lowest BCUT2D eigenvalue weighted by molar-refractivity contribution is 0.298. The Labute approximate surface area is 99.9 Å². The molecule has 0 aliphatic heterocycles. The normalized spacial score (nSPS) is 10.9. The van der Waals surface area contributed by atoms with Crippen LogP contribution in [0, 0.1) is 0 Å². The first kappa shape index (κ1) is 11.8. The van der Waals surface area contributed by atoms with Crippen molar-refractivity contribution in [2.24, 2.45) is 0 Å². The van der Waals surface area contributed by atoms with Crippen molar-refractivity contribution in [3.05, 3.63) is 30.1 Å². The van der Waals surface area contributed by atoms with Gasteiger partial charge in [0.25, 0.3) is 0 Å². The summed E-state index contributed by atoms with van der Waals surface area (Å²) in [6.45, 7) is 3.87. The van der Waals surface area contributed by atoms with E-state index in [4.69, 9.17) is 5.11 Å². The molecule has 92 valence electrons. The van der Waals surface area contributed by atoms with E-state index >= 15 is 0 Å². The third-order valence-electron chi connectivity index (χ3n) is 2.54. The Bertz CT molecular complexity index is 462. The fourth-order valence-electron chi connectivity index (χ4n) is 1.73. The fraction of sp³-hybridized carbons (Fsp3) is 0.545. The van der Waals surface area contributed by atoms with Crippen LogP contribution in [0.5, 0.6) is 0 Å². The number of hydrogen-bond donors (Lipinski definition) is 1. The minimum Gasteiger partial charge on any atom is -0.396 e. The van der Waals surface area contributed by atoms with Gasteiger partial charge >= 0.3 is 0 Å². The van der Waals surface area contributed by atoms with Gasteiger partial charge in [-0.15, -0.1) is 5.10 Å². The van der Waals surface area contributed by atoms with Crippen molar-refractivity contribution < 1.29 is 5.11 Å². The van der Waals surface area contributed by atoms with Crippen LogP contribution in [0.25, 0.3) is 0 Å². The summed E-state index contributed by atoms with van der Waals surface area (Å²) in [4.78, 5) is 4.14. The number of hydrogen-bond acceptors (Lipinski definition) is 4. The summed E-state index contributed by atoms with van der Waals surface area (Å²) in [7, 11) is 0. The zero-order valence-corrected chi connectivity index (χ0v) is 9.95. The molecule has 2 heterocycles. The molecule has 6 nitrogen and oxygen atoms in total. The van der Waals surface area contributed by atoms with Crippen LogP contribution in [-0.4, -0.2) is 36.3 Å². The third-order valence-corrected chi connectivity index (χ3v) is 2.54. The van der Waals surface area contributed by atoms with Crippen LogP contribution < -0.4 is 0 Å². The maximum atomic E-state index is 8.81. The van der Waals surface area contributed by atoms with E-state index < -0.39 is 0 Å². The lowest BCUT2D eigenvalue weighted by atomic mass is 10.3. The molecule has 0 radical (unpaired) electrons. The molecule has 0 amide bonds. The SMILES string of the molecule is CCCn1cncc1Cn1cc(CCO)nn1. The zero-order valence-electron chi connectivity index (χ0n) is 9.95. The monoisotopic (exact) mass is 235 g/mol. The molecule has 0 saturated heterocycles. The van der Waals surface area contributed by atoms with Crippen molar-refractivity contribution in [1.82, 2.24) is 24.5 Å². The minimum atomic E-state index is 0.104. The lowest BCUT2D eigenvalue weighted by Crippen LogP contribution is -2.07. The Balaban J connectivity index is 2.05. The van der Waals surface area contributed by atoms with Crippen LogP contribution in [0.1, 0.15) is 24.7 Å². The quantitative estimate of drug-likeness (QED) is 0.790. The Kier molecular flexibility index (Phi) is 3.87. The van der Waals surface area contributed by atoms with Crippen LogP contribution in [0.4, 0.5) is 0 Å². The Morgan fingerprint density at radius 2 is 2.29 bits per heavy atom. The topological polar surface area (TPSA) is 68.8 Å². The summed E-state index contributed by atoms with van der Waals surface area (Å²) < 4.78 is 3.89. The average molecular weight is 235 g/mol. The maximum Gasteiger partial charge on any atom is 0.0948 e. The first-order valence-corrected chi connectivity index (χ1v) is 5.82. The largest absolute Gasteiger partial charge is 0.396 e. The van der Waals surface area contributed by atoms with Crippen LogP contribution in [0.15, 0.2) is 18.7 Å². The Hall–Kier alpha value is -1.69. The van der Waals surface area contributed by atoms with E-state index in [-0.39, 0.29) is 6.61 Å². The standard InChI is InChI=1S/C11H17N5O/c1-2-4-15-9-12-6-11(15)8-16-7-10(3-5-17)13-14-16/h6-7,9,17H,2-5,8H2,1H3. The minimum absolute atomic E-state index is 0.104. The van der Waals surface area contributed by atoms with Gasteiger partial charge in [-0.2, -0.15) is 0 Å². The molecule has 0 fully saturated rings. The smallest absolute Gasteiger partial charge is 0.0948 e. The van der Waals surface area contributed by atoms with Crippen molar-refractivity contribution in [1.29, 1.82) is 0 Å². The van der Waals surface area contributed by atoms with Crippen molar-refractivity contribution >= 4 is 0 Å². The molecule has 0 saturated carbocycles. The van der Waals surface area contributed by atoms with Crippen LogP contribution >= 0.6 is 0 Å². The predicted molar refractivity (Wildman–Crippen MR) is 62.4 cm³/mol. The van der Waals surface area contributed by atoms with Gasteiger partial charge in [-0.25, -0.2) is 9.67 Å². The first-order valence-electron chi connectivity index (χ1n) is 5.82. The van der Waals surface area contributed by atoms with E-state index in [1.807, 2.05) is 18.7 Å². The molecule has 0 bridgehead atoms. The van der Waals surface area contributed by atoms with Crippen molar-refractivity contribution in [3.63, 3.8) is 0 Å². The summed E-state index contributed by atoms with van der Waals surface area (Å²) >= 11 is 0. The summed E-state index contributed by atoms with van der Waals surface area (Å²) in [5.74, 6) is 0. The number of aromatic nitrogens is 5. The molecule has 0 aliphatic rings. The van der Waals surface area contributed by atoms with Crippen LogP contribution in [-0.2, 0) is 19.5 Å². The zero-order chi connectivity index (χ0) is 12.1. The fourth-order valence-corrected chi connectivity index (χ4v) is 1.73. The summed E-state index contributed by atoms with van der Waals surface area (Å²) in [5.41, 5.74) is 1.93. The van der Waals surface area contributed by atoms with Gasteiger partial charge in [-0.3, -0.25) is 0 Å². The molecular formula is C11H17N5O. The lowest BCUT2D eigenvalue weighted by Gasteiger charge is -2.05. The summed E-state index contributed by atoms with van der Waals surface area (Å²) in [5, 5.41) is 16.8. The summed E-state index contributed by atoms with van der Waals surface area (Å²) in [6, 6.07) is 0. The molecule has 2 aromatic rings. The maximum absolute atomic E-state index is 8.81.